The van der Waals surface area contributed by atoms with Crippen molar-refractivity contribution in [3.05, 3.63) is 70.1 Å². The van der Waals surface area contributed by atoms with Crippen LogP contribution in [-0.4, -0.2) is 52.3 Å². The highest BCUT2D eigenvalue weighted by Crippen LogP contribution is 2.28. The van der Waals surface area contributed by atoms with Crippen molar-refractivity contribution >= 4 is 22.0 Å². The van der Waals surface area contributed by atoms with E-state index in [-0.39, 0.29) is 11.9 Å². The van der Waals surface area contributed by atoms with Crippen molar-refractivity contribution in [2.45, 2.75) is 31.5 Å². The smallest absolute Gasteiger partial charge is 0.419 e. The van der Waals surface area contributed by atoms with Gasteiger partial charge in [0, 0.05) is 49.4 Å². The molecular formula is C26H29FN4O4. The Hall–Kier alpha value is -3.27. The lowest BCUT2D eigenvalue weighted by Gasteiger charge is -2.33. The number of likely N-dealkylation sites (tertiary alicyclic amines) is 1. The monoisotopic (exact) mass is 480 g/mol. The minimum Gasteiger partial charge on any atom is -0.497 e. The van der Waals surface area contributed by atoms with Gasteiger partial charge in [0.05, 0.1) is 24.2 Å². The van der Waals surface area contributed by atoms with Crippen LogP contribution in [0.1, 0.15) is 30.1 Å². The number of nitrogens with zero attached hydrogens (tertiary/aromatic N) is 3. The Balaban J connectivity index is 1.18. The van der Waals surface area contributed by atoms with Gasteiger partial charge in [-0.05, 0) is 61.8 Å². The molecule has 3 heterocycles. The molecule has 8 nitrogen and oxygen atoms in total. The van der Waals surface area contributed by atoms with E-state index in [1.807, 2.05) is 24.3 Å². The molecule has 4 aromatic rings. The molecule has 0 unspecified atom stereocenters. The zero-order valence-electron chi connectivity index (χ0n) is 19.8. The third-order valence-electron chi connectivity index (χ3n) is 6.90. The number of methoxy groups -OCH3 is 1. The highest BCUT2D eigenvalue weighted by atomic mass is 19.1. The predicted molar refractivity (Wildman–Crippen MR) is 131 cm³/mol. The van der Waals surface area contributed by atoms with Crippen LogP contribution in [0.25, 0.3) is 22.0 Å². The maximum absolute atomic E-state index is 14.5. The fourth-order valence-electron chi connectivity index (χ4n) is 4.81. The van der Waals surface area contributed by atoms with E-state index in [0.29, 0.717) is 29.8 Å². The molecule has 2 aromatic heterocycles. The molecule has 184 valence electrons. The number of hydrogen-bond donors (Lipinski definition) is 2. The Labute approximate surface area is 201 Å². The van der Waals surface area contributed by atoms with Crippen molar-refractivity contribution in [3.63, 3.8) is 0 Å². The largest absolute Gasteiger partial charge is 0.497 e. The van der Waals surface area contributed by atoms with Gasteiger partial charge in [-0.2, -0.15) is 0 Å². The molecule has 1 aliphatic rings. The predicted octanol–water partition coefficient (Wildman–Crippen LogP) is 3.12. The number of piperidine rings is 1. The van der Waals surface area contributed by atoms with Crippen molar-refractivity contribution in [1.29, 1.82) is 0 Å². The van der Waals surface area contributed by atoms with Gasteiger partial charge >= 0.3 is 5.76 Å². The molecule has 0 saturated carbocycles. The molecule has 0 amide bonds. The van der Waals surface area contributed by atoms with E-state index >= 15 is 0 Å². The number of hydrogen-bond acceptors (Lipinski definition) is 7. The van der Waals surface area contributed by atoms with Crippen LogP contribution < -0.4 is 15.8 Å². The Morgan fingerprint density at radius 3 is 2.83 bits per heavy atom. The van der Waals surface area contributed by atoms with Crippen LogP contribution in [0.5, 0.6) is 5.75 Å². The van der Waals surface area contributed by atoms with Crippen LogP contribution in [0.2, 0.25) is 0 Å². The molecule has 2 N–H and O–H groups in total. The maximum Gasteiger partial charge on any atom is 0.419 e. The van der Waals surface area contributed by atoms with Crippen molar-refractivity contribution < 1.29 is 18.7 Å². The van der Waals surface area contributed by atoms with Crippen molar-refractivity contribution in [2.24, 2.45) is 7.05 Å². The summed E-state index contributed by atoms with van der Waals surface area (Å²) in [4.78, 5) is 18.3. The first kappa shape index (κ1) is 23.5. The van der Waals surface area contributed by atoms with Gasteiger partial charge < -0.3 is 24.5 Å². The topological polar surface area (TPSA) is 92.8 Å². The third-order valence-corrected chi connectivity index (χ3v) is 6.90. The first-order valence-corrected chi connectivity index (χ1v) is 11.8. The van der Waals surface area contributed by atoms with Crippen LogP contribution in [0.3, 0.4) is 0 Å². The second-order valence-electron chi connectivity index (χ2n) is 9.09. The molecule has 1 aliphatic heterocycles. The zero-order chi connectivity index (χ0) is 24.5. The summed E-state index contributed by atoms with van der Waals surface area (Å²) in [5.41, 5.74) is 2.98. The molecule has 1 fully saturated rings. The average Bonchev–Trinajstić information content (AvgIpc) is 3.14. The Morgan fingerprint density at radius 1 is 1.26 bits per heavy atom. The Bertz CT molecular complexity index is 1410. The van der Waals surface area contributed by atoms with Crippen molar-refractivity contribution in [1.82, 2.24) is 19.8 Å². The SMILES string of the molecule is COc1ccc2nccc([C@@H](O)CN3CCC(NCc4cc5oc(=O)n(C)c5cc4F)CC3)c2c1. The van der Waals surface area contributed by atoms with Crippen LogP contribution in [0, 0.1) is 5.82 Å². The first-order chi connectivity index (χ1) is 16.9. The summed E-state index contributed by atoms with van der Waals surface area (Å²) in [7, 11) is 3.18. The lowest BCUT2D eigenvalue weighted by molar-refractivity contribution is 0.0948. The van der Waals surface area contributed by atoms with Crippen LogP contribution in [0.15, 0.2) is 51.8 Å². The van der Waals surface area contributed by atoms with E-state index in [9.17, 15) is 14.3 Å². The second kappa shape index (κ2) is 9.77. The number of ether oxygens (including phenoxy) is 1. The van der Waals surface area contributed by atoms with Crippen molar-refractivity contribution in [2.75, 3.05) is 26.7 Å². The highest BCUT2D eigenvalue weighted by Gasteiger charge is 2.23. The van der Waals surface area contributed by atoms with E-state index in [4.69, 9.17) is 9.15 Å². The fourth-order valence-corrected chi connectivity index (χ4v) is 4.81. The first-order valence-electron chi connectivity index (χ1n) is 11.8. The number of nitrogens with one attached hydrogen (secondary N) is 1. The summed E-state index contributed by atoms with van der Waals surface area (Å²) in [6.07, 6.45) is 2.86. The van der Waals surface area contributed by atoms with Gasteiger partial charge in [-0.25, -0.2) is 9.18 Å². The van der Waals surface area contributed by atoms with E-state index in [1.54, 1.807) is 26.4 Å². The van der Waals surface area contributed by atoms with Gasteiger partial charge in [0.15, 0.2) is 5.58 Å². The summed E-state index contributed by atoms with van der Waals surface area (Å²) in [6.45, 7) is 2.55. The maximum atomic E-state index is 14.5. The number of β-amino-alcohol motifs (C(OH)–C–C–N with tert-alkyl or cyclic N) is 1. The normalized spacial score (nSPS) is 16.2. The summed E-state index contributed by atoms with van der Waals surface area (Å²) >= 11 is 0. The fraction of sp³-hybridized carbons (Fsp3) is 0.385. The lowest BCUT2D eigenvalue weighted by Crippen LogP contribution is -2.43. The lowest BCUT2D eigenvalue weighted by atomic mass is 10.0. The molecular weight excluding hydrogens is 451 g/mol. The van der Waals surface area contributed by atoms with E-state index in [0.717, 1.165) is 48.1 Å². The number of pyridine rings is 1. The molecule has 0 bridgehead atoms. The Morgan fingerprint density at radius 2 is 2.06 bits per heavy atom. The number of rotatable bonds is 7. The molecule has 35 heavy (non-hydrogen) atoms. The molecule has 0 aliphatic carbocycles. The summed E-state index contributed by atoms with van der Waals surface area (Å²) < 4.78 is 26.4. The van der Waals surface area contributed by atoms with Gasteiger partial charge in [-0.1, -0.05) is 0 Å². The minimum atomic E-state index is -0.640. The number of halogens is 1. The van der Waals surface area contributed by atoms with E-state index in [2.05, 4.69) is 15.2 Å². The molecule has 0 radical (unpaired) electrons. The van der Waals surface area contributed by atoms with Gasteiger partial charge in [0.2, 0.25) is 0 Å². The zero-order valence-corrected chi connectivity index (χ0v) is 19.8. The minimum absolute atomic E-state index is 0.243. The van der Waals surface area contributed by atoms with Gasteiger partial charge in [-0.3, -0.25) is 9.55 Å². The molecule has 0 spiro atoms. The Kier molecular flexibility index (Phi) is 6.55. The average molecular weight is 481 g/mol. The number of aliphatic hydroxyl groups excluding tert-OH is 1. The van der Waals surface area contributed by atoms with Gasteiger partial charge in [-0.15, -0.1) is 0 Å². The number of fused-ring (bicyclic) bond motifs is 2. The van der Waals surface area contributed by atoms with Crippen molar-refractivity contribution in [3.8, 4) is 5.75 Å². The van der Waals surface area contributed by atoms with E-state index < -0.39 is 11.9 Å². The van der Waals surface area contributed by atoms with Gasteiger partial charge in [0.25, 0.3) is 0 Å². The van der Waals surface area contributed by atoms with Gasteiger partial charge in [0.1, 0.15) is 11.6 Å². The number of benzene rings is 2. The molecule has 2 aromatic carbocycles. The third kappa shape index (κ3) is 4.80. The number of oxazole rings is 1. The standard InChI is InChI=1S/C26H29FN4O4/c1-30-23-13-21(27)16(11-25(23)35-26(30)33)14-29-17-6-9-31(10-7-17)15-24(32)19-5-8-28-22-4-3-18(34-2)12-20(19)22/h3-5,8,11-13,17,24,29,32H,6-7,9-10,14-15H2,1-2H3/t24-/m0/s1. The summed E-state index contributed by atoms with van der Waals surface area (Å²) in [6, 6.07) is 10.7. The van der Waals surface area contributed by atoms with Crippen LogP contribution in [-0.2, 0) is 13.6 Å². The quantitative estimate of drug-likeness (QED) is 0.420. The summed E-state index contributed by atoms with van der Waals surface area (Å²) in [5.74, 6) is -0.128. The highest BCUT2D eigenvalue weighted by molar-refractivity contribution is 5.83. The van der Waals surface area contributed by atoms with E-state index in [1.165, 1.54) is 10.6 Å². The summed E-state index contributed by atoms with van der Waals surface area (Å²) in [5, 5.41) is 15.3. The van der Waals surface area contributed by atoms with Crippen LogP contribution in [0.4, 0.5) is 4.39 Å². The molecule has 1 saturated heterocycles. The molecule has 9 heteroatoms. The van der Waals surface area contributed by atoms with Crippen LogP contribution >= 0.6 is 0 Å². The number of aliphatic hydroxyl groups is 1. The molecule has 5 rings (SSSR count). The second-order valence-corrected chi connectivity index (χ2v) is 9.09. The number of aryl methyl sites for hydroxylation is 1. The molecule has 1 atom stereocenters. The number of aromatic nitrogens is 2.